The van der Waals surface area contributed by atoms with Gasteiger partial charge in [-0.2, -0.15) is 0 Å². The highest BCUT2D eigenvalue weighted by atomic mass is 16.1. The van der Waals surface area contributed by atoms with E-state index in [-0.39, 0.29) is 5.56 Å². The molecule has 1 heterocycles. The number of pyridine rings is 1. The third kappa shape index (κ3) is 3.00. The van der Waals surface area contributed by atoms with Crippen LogP contribution in [0.3, 0.4) is 0 Å². The van der Waals surface area contributed by atoms with Crippen LogP contribution in [0.1, 0.15) is 11.1 Å². The predicted octanol–water partition coefficient (Wildman–Crippen LogP) is 3.89. The van der Waals surface area contributed by atoms with Crippen molar-refractivity contribution < 1.29 is 0 Å². The Labute approximate surface area is 123 Å². The quantitative estimate of drug-likeness (QED) is 0.709. The smallest absolute Gasteiger partial charge is 0.254 e. The summed E-state index contributed by atoms with van der Waals surface area (Å²) in [5.41, 5.74) is 3.14. The van der Waals surface area contributed by atoms with Crippen molar-refractivity contribution in [1.82, 2.24) is 4.57 Å². The van der Waals surface area contributed by atoms with Gasteiger partial charge in [-0.1, -0.05) is 66.7 Å². The summed E-state index contributed by atoms with van der Waals surface area (Å²) < 4.78 is 1.61. The molecule has 0 saturated heterocycles. The summed E-state index contributed by atoms with van der Waals surface area (Å²) in [6.45, 7) is 0. The molecule has 102 valence electrons. The maximum atomic E-state index is 11.9. The highest BCUT2D eigenvalue weighted by molar-refractivity contribution is 5.87. The molecule has 0 N–H and O–H groups in total. The summed E-state index contributed by atoms with van der Waals surface area (Å²) in [5.74, 6) is 0. The Hall–Kier alpha value is -2.87. The minimum absolute atomic E-state index is 0.0399. The number of hydrogen-bond donors (Lipinski definition) is 0. The van der Waals surface area contributed by atoms with Gasteiger partial charge in [0.15, 0.2) is 0 Å². The van der Waals surface area contributed by atoms with Crippen molar-refractivity contribution in [3.8, 4) is 0 Å². The Morgan fingerprint density at radius 2 is 1.24 bits per heavy atom. The second kappa shape index (κ2) is 6.06. The minimum Gasteiger partial charge on any atom is -0.290 e. The zero-order valence-corrected chi connectivity index (χ0v) is 11.5. The van der Waals surface area contributed by atoms with Gasteiger partial charge >= 0.3 is 0 Å². The molecule has 3 rings (SSSR count). The minimum atomic E-state index is -0.0399. The molecule has 0 amide bonds. The third-order valence-corrected chi connectivity index (χ3v) is 3.29. The molecule has 0 radical (unpaired) electrons. The van der Waals surface area contributed by atoms with Crippen LogP contribution in [0.25, 0.3) is 11.8 Å². The molecule has 1 aromatic heterocycles. The first-order valence-corrected chi connectivity index (χ1v) is 6.84. The Morgan fingerprint density at radius 1 is 0.714 bits per heavy atom. The van der Waals surface area contributed by atoms with Crippen LogP contribution < -0.4 is 5.56 Å². The molecule has 2 nitrogen and oxygen atoms in total. The lowest BCUT2D eigenvalue weighted by molar-refractivity contribution is 1.06. The SMILES string of the molecule is O=c1ccccn1C=C(c1ccccc1)c1ccccc1. The third-order valence-electron chi connectivity index (χ3n) is 3.29. The number of aromatic nitrogens is 1. The van der Waals surface area contributed by atoms with Gasteiger partial charge in [-0.05, 0) is 17.2 Å². The lowest BCUT2D eigenvalue weighted by Crippen LogP contribution is -2.12. The van der Waals surface area contributed by atoms with Gasteiger partial charge in [0.2, 0.25) is 0 Å². The van der Waals surface area contributed by atoms with Crippen LogP contribution in [-0.2, 0) is 0 Å². The average Bonchev–Trinajstić information content (AvgIpc) is 2.56. The molecule has 0 fully saturated rings. The van der Waals surface area contributed by atoms with Crippen molar-refractivity contribution in [2.45, 2.75) is 0 Å². The summed E-state index contributed by atoms with van der Waals surface area (Å²) in [5, 5.41) is 0. The van der Waals surface area contributed by atoms with Gasteiger partial charge in [-0.15, -0.1) is 0 Å². The molecule has 0 aliphatic rings. The van der Waals surface area contributed by atoms with Crippen LogP contribution in [0.15, 0.2) is 89.9 Å². The standard InChI is InChI=1S/C19H15NO/c21-19-13-7-8-14-20(19)15-18(16-9-3-1-4-10-16)17-11-5-2-6-12-17/h1-15H. The molecular formula is C19H15NO. The molecule has 0 aliphatic heterocycles. The topological polar surface area (TPSA) is 22.0 Å². The Morgan fingerprint density at radius 3 is 1.76 bits per heavy atom. The van der Waals surface area contributed by atoms with E-state index in [1.54, 1.807) is 22.9 Å². The molecule has 2 aromatic carbocycles. The zero-order valence-electron chi connectivity index (χ0n) is 11.5. The van der Waals surface area contributed by atoms with E-state index in [0.29, 0.717) is 0 Å². The van der Waals surface area contributed by atoms with E-state index in [0.717, 1.165) is 16.7 Å². The summed E-state index contributed by atoms with van der Waals surface area (Å²) in [6, 6.07) is 25.3. The number of benzene rings is 2. The fraction of sp³-hybridized carbons (Fsp3) is 0. The number of rotatable bonds is 3. The Balaban J connectivity index is 2.18. The first-order chi connectivity index (χ1) is 10.3. The maximum Gasteiger partial charge on any atom is 0.254 e. The summed E-state index contributed by atoms with van der Waals surface area (Å²) >= 11 is 0. The normalized spacial score (nSPS) is 10.1. The van der Waals surface area contributed by atoms with Crippen LogP contribution in [0, 0.1) is 0 Å². The van der Waals surface area contributed by atoms with Gasteiger partial charge in [0.05, 0.1) is 0 Å². The van der Waals surface area contributed by atoms with Crippen LogP contribution in [0.2, 0.25) is 0 Å². The largest absolute Gasteiger partial charge is 0.290 e. The van der Waals surface area contributed by atoms with E-state index < -0.39 is 0 Å². The second-order valence-corrected chi connectivity index (χ2v) is 4.72. The van der Waals surface area contributed by atoms with Crippen molar-refractivity contribution in [3.05, 3.63) is 107 Å². The van der Waals surface area contributed by atoms with E-state index in [1.165, 1.54) is 0 Å². The molecule has 0 spiro atoms. The van der Waals surface area contributed by atoms with Crippen LogP contribution >= 0.6 is 0 Å². The zero-order chi connectivity index (χ0) is 14.5. The number of hydrogen-bond acceptors (Lipinski definition) is 1. The molecule has 21 heavy (non-hydrogen) atoms. The molecule has 3 aromatic rings. The van der Waals surface area contributed by atoms with Crippen molar-refractivity contribution in [2.75, 3.05) is 0 Å². The fourth-order valence-corrected chi connectivity index (χ4v) is 2.24. The molecule has 0 bridgehead atoms. The van der Waals surface area contributed by atoms with Gasteiger partial charge in [0, 0.05) is 24.0 Å². The van der Waals surface area contributed by atoms with E-state index in [4.69, 9.17) is 0 Å². The lowest BCUT2D eigenvalue weighted by atomic mass is 9.99. The van der Waals surface area contributed by atoms with Crippen molar-refractivity contribution >= 4 is 11.8 Å². The van der Waals surface area contributed by atoms with Gasteiger partial charge in [0.1, 0.15) is 0 Å². The van der Waals surface area contributed by atoms with Crippen LogP contribution in [-0.4, -0.2) is 4.57 Å². The molecule has 0 aliphatic carbocycles. The van der Waals surface area contributed by atoms with E-state index >= 15 is 0 Å². The average molecular weight is 273 g/mol. The Bertz CT molecular complexity index is 760. The summed E-state index contributed by atoms with van der Waals surface area (Å²) in [7, 11) is 0. The summed E-state index contributed by atoms with van der Waals surface area (Å²) in [4.78, 5) is 11.9. The fourth-order valence-electron chi connectivity index (χ4n) is 2.24. The summed E-state index contributed by atoms with van der Waals surface area (Å²) in [6.07, 6.45) is 3.65. The van der Waals surface area contributed by atoms with Gasteiger partial charge in [0.25, 0.3) is 5.56 Å². The highest BCUT2D eigenvalue weighted by Crippen LogP contribution is 2.23. The van der Waals surface area contributed by atoms with Crippen LogP contribution in [0.4, 0.5) is 0 Å². The highest BCUT2D eigenvalue weighted by Gasteiger charge is 2.04. The molecular weight excluding hydrogens is 258 g/mol. The van der Waals surface area contributed by atoms with Gasteiger partial charge in [-0.25, -0.2) is 0 Å². The molecule has 0 unspecified atom stereocenters. The van der Waals surface area contributed by atoms with Crippen molar-refractivity contribution in [1.29, 1.82) is 0 Å². The number of nitrogens with zero attached hydrogens (tertiary/aromatic N) is 1. The first kappa shape index (κ1) is 13.1. The van der Waals surface area contributed by atoms with Gasteiger partial charge in [-0.3, -0.25) is 9.36 Å². The first-order valence-electron chi connectivity index (χ1n) is 6.84. The molecule has 0 saturated carbocycles. The predicted molar refractivity (Wildman–Crippen MR) is 86.9 cm³/mol. The van der Waals surface area contributed by atoms with Crippen LogP contribution in [0.5, 0.6) is 0 Å². The van der Waals surface area contributed by atoms with E-state index in [1.807, 2.05) is 72.9 Å². The molecule has 0 atom stereocenters. The van der Waals surface area contributed by atoms with E-state index in [2.05, 4.69) is 0 Å². The lowest BCUT2D eigenvalue weighted by Gasteiger charge is -2.09. The second-order valence-electron chi connectivity index (χ2n) is 4.72. The maximum absolute atomic E-state index is 11.9. The van der Waals surface area contributed by atoms with Crippen molar-refractivity contribution in [3.63, 3.8) is 0 Å². The van der Waals surface area contributed by atoms with Gasteiger partial charge < -0.3 is 0 Å². The molecule has 2 heteroatoms. The van der Waals surface area contributed by atoms with Crippen molar-refractivity contribution in [2.24, 2.45) is 0 Å². The Kier molecular flexibility index (Phi) is 3.79. The van der Waals surface area contributed by atoms with E-state index in [9.17, 15) is 4.79 Å². The monoisotopic (exact) mass is 273 g/mol.